The molecule has 1 heterocycles. The van der Waals surface area contributed by atoms with Gasteiger partial charge in [-0.05, 0) is 73.5 Å². The van der Waals surface area contributed by atoms with Gasteiger partial charge in [-0.1, -0.05) is 54.5 Å². The Morgan fingerprint density at radius 1 is 1.10 bits per heavy atom. The normalized spacial score (nSPS) is 23.7. The summed E-state index contributed by atoms with van der Waals surface area (Å²) in [6, 6.07) is 3.23. The first-order valence-corrected chi connectivity index (χ1v) is 14.7. The van der Waals surface area contributed by atoms with Crippen LogP contribution in [0.1, 0.15) is 93.1 Å². The number of likely N-dealkylation sites (tertiary alicyclic amines) is 1. The van der Waals surface area contributed by atoms with Crippen LogP contribution in [0.4, 0.5) is 0 Å². The average Bonchev–Trinajstić information content (AvgIpc) is 3.42. The Morgan fingerprint density at radius 2 is 1.76 bits per heavy atom. The lowest BCUT2D eigenvalue weighted by Gasteiger charge is -2.40. The number of ether oxygens (including phenoxy) is 1. The van der Waals surface area contributed by atoms with Crippen molar-refractivity contribution >= 4 is 23.5 Å². The lowest BCUT2D eigenvalue weighted by Crippen LogP contribution is -2.48. The van der Waals surface area contributed by atoms with Crippen LogP contribution in [0, 0.1) is 22.2 Å². The van der Waals surface area contributed by atoms with Crippen molar-refractivity contribution in [1.29, 1.82) is 0 Å². The van der Waals surface area contributed by atoms with Crippen LogP contribution in [0.2, 0.25) is 0 Å². The van der Waals surface area contributed by atoms with Crippen molar-refractivity contribution in [1.82, 2.24) is 4.90 Å². The van der Waals surface area contributed by atoms with Crippen LogP contribution in [0.3, 0.4) is 0 Å². The Balaban J connectivity index is 1.71. The number of phenolic OH excluding ortho intramolecular Hbond substituents is 2. The first-order valence-electron chi connectivity index (χ1n) is 14.7. The minimum absolute atomic E-state index is 0.0437. The van der Waals surface area contributed by atoms with Crippen molar-refractivity contribution in [2.75, 3.05) is 6.54 Å². The Hall–Kier alpha value is -2.94. The zero-order valence-corrected chi connectivity index (χ0v) is 25.9. The van der Waals surface area contributed by atoms with Gasteiger partial charge in [-0.15, -0.1) is 0 Å². The highest BCUT2D eigenvalue weighted by molar-refractivity contribution is 6.42. The highest BCUT2D eigenvalue weighted by atomic mass is 16.5. The zero-order valence-electron chi connectivity index (χ0n) is 25.9. The second-order valence-electron chi connectivity index (χ2n) is 14.1. The van der Waals surface area contributed by atoms with E-state index < -0.39 is 35.3 Å². The van der Waals surface area contributed by atoms with Gasteiger partial charge in [-0.2, -0.15) is 0 Å². The van der Waals surface area contributed by atoms with Gasteiger partial charge in [0.1, 0.15) is 17.9 Å². The summed E-state index contributed by atoms with van der Waals surface area (Å²) in [5, 5.41) is 29.7. The summed E-state index contributed by atoms with van der Waals surface area (Å²) in [6.45, 7) is 16.7. The van der Waals surface area contributed by atoms with Crippen LogP contribution in [-0.4, -0.2) is 68.5 Å². The van der Waals surface area contributed by atoms with E-state index in [9.17, 15) is 29.7 Å². The Bertz CT molecular complexity index is 1180. The maximum atomic E-state index is 13.7. The summed E-state index contributed by atoms with van der Waals surface area (Å²) in [7, 11) is 0. The van der Waals surface area contributed by atoms with Gasteiger partial charge in [0.25, 0.3) is 11.8 Å². The zero-order chi connectivity index (χ0) is 30.9. The van der Waals surface area contributed by atoms with Crippen LogP contribution >= 0.6 is 0 Å². The molecule has 4 atom stereocenters. The van der Waals surface area contributed by atoms with E-state index in [2.05, 4.69) is 32.7 Å². The van der Waals surface area contributed by atoms with Gasteiger partial charge in [0.05, 0.1) is 6.10 Å². The van der Waals surface area contributed by atoms with Gasteiger partial charge in [0.2, 0.25) is 0 Å². The van der Waals surface area contributed by atoms with Gasteiger partial charge >= 0.3 is 5.97 Å². The van der Waals surface area contributed by atoms with Crippen molar-refractivity contribution < 1.29 is 34.4 Å². The SMILES string of the molecule is CC(CC1CCC(C)(C)C1(C)C)OC(=O)C1CCCN1C(=O)C(=NC(=O)C(O)Cc1ccc(O)c(O)c1)C(C)(C)C. The highest BCUT2D eigenvalue weighted by Crippen LogP contribution is 2.57. The molecule has 41 heavy (non-hydrogen) atoms. The number of aliphatic imine (C=N–C) groups is 1. The molecule has 2 aliphatic rings. The summed E-state index contributed by atoms with van der Waals surface area (Å²) in [5.74, 6) is -2.11. The van der Waals surface area contributed by atoms with Gasteiger partial charge in [0.15, 0.2) is 11.5 Å². The number of aromatic hydroxyl groups is 2. The molecule has 3 rings (SSSR count). The fourth-order valence-corrected chi connectivity index (χ4v) is 6.03. The monoisotopic (exact) mass is 572 g/mol. The summed E-state index contributed by atoms with van der Waals surface area (Å²) in [6.07, 6.45) is 2.08. The van der Waals surface area contributed by atoms with Crippen LogP contribution < -0.4 is 0 Å². The maximum absolute atomic E-state index is 13.7. The minimum atomic E-state index is -1.56. The number of carbonyl (C=O) groups is 3. The largest absolute Gasteiger partial charge is 0.504 e. The molecule has 1 aromatic rings. The van der Waals surface area contributed by atoms with Gasteiger partial charge in [0, 0.05) is 18.4 Å². The van der Waals surface area contributed by atoms with E-state index in [0.717, 1.165) is 19.3 Å². The molecule has 9 heteroatoms. The molecular weight excluding hydrogens is 524 g/mol. The molecule has 4 unspecified atom stereocenters. The molecule has 0 aromatic heterocycles. The number of nitrogens with zero attached hydrogens (tertiary/aromatic N) is 2. The van der Waals surface area contributed by atoms with Crippen molar-refractivity contribution in [2.24, 2.45) is 27.2 Å². The first kappa shape index (κ1) is 32.6. The molecule has 0 spiro atoms. The maximum Gasteiger partial charge on any atom is 0.329 e. The molecule has 0 bridgehead atoms. The van der Waals surface area contributed by atoms with Gasteiger partial charge < -0.3 is 25.0 Å². The number of aliphatic hydroxyl groups is 1. The van der Waals surface area contributed by atoms with E-state index in [1.54, 1.807) is 20.8 Å². The van der Waals surface area contributed by atoms with E-state index in [-0.39, 0.29) is 40.6 Å². The second kappa shape index (κ2) is 12.1. The Labute approximate surface area is 244 Å². The summed E-state index contributed by atoms with van der Waals surface area (Å²) in [5.41, 5.74) is -0.121. The van der Waals surface area contributed by atoms with Crippen molar-refractivity contribution in [3.8, 4) is 11.5 Å². The number of phenols is 2. The molecule has 2 fully saturated rings. The summed E-state index contributed by atoms with van der Waals surface area (Å²) < 4.78 is 5.89. The highest BCUT2D eigenvalue weighted by Gasteiger charge is 2.49. The van der Waals surface area contributed by atoms with Crippen molar-refractivity contribution in [3.05, 3.63) is 23.8 Å². The number of carbonyl (C=O) groups excluding carboxylic acids is 3. The van der Waals surface area contributed by atoms with Crippen LogP contribution in [-0.2, 0) is 25.5 Å². The predicted octanol–water partition coefficient (Wildman–Crippen LogP) is 4.79. The van der Waals surface area contributed by atoms with Crippen molar-refractivity contribution in [2.45, 2.75) is 112 Å². The molecule has 2 amide bonds. The standard InChI is InChI=1S/C32H48N2O7/c1-19(16-21-13-14-31(5,6)32(21,7)8)41-29(40)22-10-9-15-34(22)28(39)26(30(2,3)4)33-27(38)25(37)18-20-11-12-23(35)24(36)17-20/h11-12,17,19,21-22,25,35-37H,9-10,13-16,18H2,1-8H3. The average molecular weight is 573 g/mol. The number of esters is 1. The number of benzene rings is 1. The third-order valence-corrected chi connectivity index (χ3v) is 9.49. The molecule has 0 radical (unpaired) electrons. The number of hydrogen-bond donors (Lipinski definition) is 3. The molecule has 1 aromatic carbocycles. The molecule has 1 saturated heterocycles. The Morgan fingerprint density at radius 3 is 2.32 bits per heavy atom. The van der Waals surface area contributed by atoms with Gasteiger partial charge in [-0.25, -0.2) is 9.79 Å². The Kier molecular flexibility index (Phi) is 9.63. The van der Waals surface area contributed by atoms with E-state index in [0.29, 0.717) is 30.9 Å². The lowest BCUT2D eigenvalue weighted by atomic mass is 9.66. The van der Waals surface area contributed by atoms with Crippen LogP contribution in [0.15, 0.2) is 23.2 Å². The molecular formula is C32H48N2O7. The molecule has 1 saturated carbocycles. The van der Waals surface area contributed by atoms with Gasteiger partial charge in [-0.3, -0.25) is 9.59 Å². The fraction of sp³-hybridized carbons (Fsp3) is 0.688. The molecule has 3 N–H and O–H groups in total. The molecule has 1 aliphatic heterocycles. The molecule has 9 nitrogen and oxygen atoms in total. The van der Waals surface area contributed by atoms with E-state index in [4.69, 9.17) is 4.74 Å². The molecule has 228 valence electrons. The smallest absolute Gasteiger partial charge is 0.329 e. The first-order chi connectivity index (χ1) is 18.8. The third-order valence-electron chi connectivity index (χ3n) is 9.49. The van der Waals surface area contributed by atoms with Crippen LogP contribution in [0.5, 0.6) is 11.5 Å². The predicted molar refractivity (Wildman–Crippen MR) is 157 cm³/mol. The quantitative estimate of drug-likeness (QED) is 0.231. The molecule has 1 aliphatic carbocycles. The number of aliphatic hydroxyl groups excluding tert-OH is 1. The summed E-state index contributed by atoms with van der Waals surface area (Å²) >= 11 is 0. The number of rotatable bonds is 8. The van der Waals surface area contributed by atoms with E-state index >= 15 is 0 Å². The topological polar surface area (TPSA) is 137 Å². The van der Waals surface area contributed by atoms with Crippen LogP contribution in [0.25, 0.3) is 0 Å². The summed E-state index contributed by atoms with van der Waals surface area (Å²) in [4.78, 5) is 45.4. The third kappa shape index (κ3) is 7.29. The lowest BCUT2D eigenvalue weighted by molar-refractivity contribution is -0.157. The van der Waals surface area contributed by atoms with E-state index in [1.165, 1.54) is 23.1 Å². The van der Waals surface area contributed by atoms with Crippen molar-refractivity contribution in [3.63, 3.8) is 0 Å². The second-order valence-corrected chi connectivity index (χ2v) is 14.1. The van der Waals surface area contributed by atoms with E-state index in [1.807, 2.05) is 6.92 Å². The minimum Gasteiger partial charge on any atom is -0.504 e. The number of amides is 2. The number of hydrogen-bond acceptors (Lipinski definition) is 7. The fourth-order valence-electron chi connectivity index (χ4n) is 6.03.